The quantitative estimate of drug-likeness (QED) is 0.687. The molecule has 0 saturated heterocycles. The number of H-pyrrole nitrogens is 1. The topological polar surface area (TPSA) is 42.1 Å². The SMILES string of the molecule is CCOC(=O)c1[nH]c2c(Br)cccc2c1Cc1ccccc1. The first-order valence-corrected chi connectivity index (χ1v) is 8.00. The number of nitrogens with one attached hydrogen (secondary N) is 1. The van der Waals surface area contributed by atoms with Crippen molar-refractivity contribution in [2.75, 3.05) is 6.61 Å². The average Bonchev–Trinajstić information content (AvgIpc) is 2.89. The highest BCUT2D eigenvalue weighted by atomic mass is 79.9. The summed E-state index contributed by atoms with van der Waals surface area (Å²) < 4.78 is 6.13. The normalized spacial score (nSPS) is 10.8. The van der Waals surface area contributed by atoms with Gasteiger partial charge in [0.2, 0.25) is 0 Å². The summed E-state index contributed by atoms with van der Waals surface area (Å²) in [6, 6.07) is 16.1. The standard InChI is InChI=1S/C18H16BrNO2/c1-2-22-18(21)17-14(11-12-7-4-3-5-8-12)13-9-6-10-15(19)16(13)20-17/h3-10,20H,2,11H2,1H3. The van der Waals surface area contributed by atoms with Crippen LogP contribution in [0.3, 0.4) is 0 Å². The zero-order chi connectivity index (χ0) is 15.5. The summed E-state index contributed by atoms with van der Waals surface area (Å²) >= 11 is 3.53. The number of halogens is 1. The van der Waals surface area contributed by atoms with Crippen LogP contribution >= 0.6 is 15.9 Å². The van der Waals surface area contributed by atoms with Crippen molar-refractivity contribution < 1.29 is 9.53 Å². The molecule has 0 fully saturated rings. The third kappa shape index (κ3) is 2.79. The largest absolute Gasteiger partial charge is 0.461 e. The smallest absolute Gasteiger partial charge is 0.355 e. The molecule has 0 saturated carbocycles. The van der Waals surface area contributed by atoms with Gasteiger partial charge in [0.15, 0.2) is 0 Å². The summed E-state index contributed by atoms with van der Waals surface area (Å²) in [5.74, 6) is -0.309. The van der Waals surface area contributed by atoms with Crippen molar-refractivity contribution in [1.82, 2.24) is 4.98 Å². The molecule has 2 aromatic carbocycles. The highest BCUT2D eigenvalue weighted by molar-refractivity contribution is 9.10. The van der Waals surface area contributed by atoms with Crippen LogP contribution in [0.2, 0.25) is 0 Å². The van der Waals surface area contributed by atoms with Gasteiger partial charge in [0, 0.05) is 16.3 Å². The second-order valence-electron chi connectivity index (χ2n) is 5.02. The number of esters is 1. The van der Waals surface area contributed by atoms with Crippen molar-refractivity contribution in [3.63, 3.8) is 0 Å². The molecule has 0 amide bonds. The molecular weight excluding hydrogens is 342 g/mol. The Labute approximate surface area is 137 Å². The molecule has 112 valence electrons. The fourth-order valence-electron chi connectivity index (χ4n) is 2.60. The number of hydrogen-bond donors (Lipinski definition) is 1. The van der Waals surface area contributed by atoms with Gasteiger partial charge >= 0.3 is 5.97 Å². The van der Waals surface area contributed by atoms with Gasteiger partial charge in [0.1, 0.15) is 5.69 Å². The lowest BCUT2D eigenvalue weighted by Crippen LogP contribution is -2.08. The van der Waals surface area contributed by atoms with Crippen molar-refractivity contribution in [3.8, 4) is 0 Å². The van der Waals surface area contributed by atoms with Crippen LogP contribution in [0.25, 0.3) is 10.9 Å². The van der Waals surface area contributed by atoms with Crippen molar-refractivity contribution >= 4 is 32.8 Å². The number of para-hydroxylation sites is 1. The molecule has 0 spiro atoms. The van der Waals surface area contributed by atoms with E-state index in [9.17, 15) is 4.79 Å². The summed E-state index contributed by atoms with van der Waals surface area (Å²) in [6.07, 6.45) is 0.686. The first-order chi connectivity index (χ1) is 10.7. The van der Waals surface area contributed by atoms with Gasteiger partial charge in [0.05, 0.1) is 12.1 Å². The predicted octanol–water partition coefficient (Wildman–Crippen LogP) is 4.70. The fourth-order valence-corrected chi connectivity index (χ4v) is 3.06. The Hall–Kier alpha value is -2.07. The van der Waals surface area contributed by atoms with Gasteiger partial charge in [-0.25, -0.2) is 4.79 Å². The summed E-state index contributed by atoms with van der Waals surface area (Å²) in [6.45, 7) is 2.17. The number of fused-ring (bicyclic) bond motifs is 1. The van der Waals surface area contributed by atoms with Crippen LogP contribution in [-0.2, 0) is 11.2 Å². The Kier molecular flexibility index (Phi) is 4.29. The Balaban J connectivity index is 2.14. The molecule has 0 unspecified atom stereocenters. The Morgan fingerprint density at radius 3 is 2.64 bits per heavy atom. The van der Waals surface area contributed by atoms with Crippen LogP contribution in [0.5, 0.6) is 0 Å². The minimum atomic E-state index is -0.309. The Morgan fingerprint density at radius 1 is 1.14 bits per heavy atom. The molecule has 4 heteroatoms. The molecule has 0 bridgehead atoms. The molecule has 3 aromatic rings. The molecule has 1 N–H and O–H groups in total. The van der Waals surface area contributed by atoms with Gasteiger partial charge in [-0.05, 0) is 40.0 Å². The van der Waals surface area contributed by atoms with E-state index in [1.54, 1.807) is 0 Å². The van der Waals surface area contributed by atoms with E-state index in [1.165, 1.54) is 0 Å². The first-order valence-electron chi connectivity index (χ1n) is 7.20. The third-order valence-electron chi connectivity index (χ3n) is 3.59. The predicted molar refractivity (Wildman–Crippen MR) is 91.2 cm³/mol. The van der Waals surface area contributed by atoms with Gasteiger partial charge in [-0.15, -0.1) is 0 Å². The monoisotopic (exact) mass is 357 g/mol. The minimum Gasteiger partial charge on any atom is -0.461 e. The lowest BCUT2D eigenvalue weighted by molar-refractivity contribution is 0.0519. The van der Waals surface area contributed by atoms with E-state index >= 15 is 0 Å². The van der Waals surface area contributed by atoms with Gasteiger partial charge in [-0.2, -0.15) is 0 Å². The number of aromatic amines is 1. The van der Waals surface area contributed by atoms with Gasteiger partial charge < -0.3 is 9.72 Å². The minimum absolute atomic E-state index is 0.309. The van der Waals surface area contributed by atoms with Crippen LogP contribution < -0.4 is 0 Å². The molecule has 22 heavy (non-hydrogen) atoms. The second-order valence-corrected chi connectivity index (χ2v) is 5.88. The van der Waals surface area contributed by atoms with Gasteiger partial charge in [0.25, 0.3) is 0 Å². The van der Waals surface area contributed by atoms with Crippen molar-refractivity contribution in [1.29, 1.82) is 0 Å². The molecule has 0 aliphatic carbocycles. The van der Waals surface area contributed by atoms with Crippen LogP contribution in [0.1, 0.15) is 28.5 Å². The number of benzene rings is 2. The van der Waals surface area contributed by atoms with Gasteiger partial charge in [-0.1, -0.05) is 42.5 Å². The van der Waals surface area contributed by atoms with E-state index in [0.717, 1.165) is 26.5 Å². The second kappa shape index (κ2) is 6.36. The highest BCUT2D eigenvalue weighted by Gasteiger charge is 2.19. The summed E-state index contributed by atoms with van der Waals surface area (Å²) in [5, 5.41) is 1.04. The fraction of sp³-hybridized carbons (Fsp3) is 0.167. The number of carbonyl (C=O) groups excluding carboxylic acids is 1. The summed E-state index contributed by atoms with van der Waals surface area (Å²) in [4.78, 5) is 15.5. The van der Waals surface area contributed by atoms with E-state index < -0.39 is 0 Å². The third-order valence-corrected chi connectivity index (χ3v) is 4.25. The van der Waals surface area contributed by atoms with E-state index in [4.69, 9.17) is 4.74 Å². The number of rotatable bonds is 4. The molecule has 0 atom stereocenters. The lowest BCUT2D eigenvalue weighted by atomic mass is 10.0. The van der Waals surface area contributed by atoms with E-state index in [1.807, 2.05) is 43.3 Å². The molecular formula is C18H16BrNO2. The molecule has 0 aliphatic rings. The maximum atomic E-state index is 12.3. The zero-order valence-corrected chi connectivity index (χ0v) is 13.8. The van der Waals surface area contributed by atoms with Crippen LogP contribution in [0.4, 0.5) is 0 Å². The summed E-state index contributed by atoms with van der Waals surface area (Å²) in [5.41, 5.74) is 3.60. The molecule has 0 radical (unpaired) electrons. The number of aromatic nitrogens is 1. The number of ether oxygens (including phenoxy) is 1. The van der Waals surface area contributed by atoms with E-state index in [0.29, 0.717) is 18.7 Å². The van der Waals surface area contributed by atoms with Crippen LogP contribution in [0.15, 0.2) is 53.0 Å². The molecule has 1 heterocycles. The number of carbonyl (C=O) groups is 1. The van der Waals surface area contributed by atoms with Crippen molar-refractivity contribution in [3.05, 3.63) is 69.8 Å². The van der Waals surface area contributed by atoms with Crippen molar-refractivity contribution in [2.45, 2.75) is 13.3 Å². The average molecular weight is 358 g/mol. The Morgan fingerprint density at radius 2 is 1.91 bits per heavy atom. The van der Waals surface area contributed by atoms with Crippen molar-refractivity contribution in [2.24, 2.45) is 0 Å². The molecule has 3 nitrogen and oxygen atoms in total. The maximum Gasteiger partial charge on any atom is 0.355 e. The van der Waals surface area contributed by atoms with E-state index in [2.05, 4.69) is 33.0 Å². The lowest BCUT2D eigenvalue weighted by Gasteiger charge is -2.05. The maximum absolute atomic E-state index is 12.3. The van der Waals surface area contributed by atoms with Crippen LogP contribution in [-0.4, -0.2) is 17.6 Å². The summed E-state index contributed by atoms with van der Waals surface area (Å²) in [7, 11) is 0. The van der Waals surface area contributed by atoms with E-state index in [-0.39, 0.29) is 5.97 Å². The van der Waals surface area contributed by atoms with Gasteiger partial charge in [-0.3, -0.25) is 0 Å². The van der Waals surface area contributed by atoms with Crippen LogP contribution in [0, 0.1) is 0 Å². The number of hydrogen-bond acceptors (Lipinski definition) is 2. The zero-order valence-electron chi connectivity index (χ0n) is 12.2. The molecule has 3 rings (SSSR count). The first kappa shape index (κ1) is 14.9. The Bertz CT molecular complexity index is 809. The molecule has 1 aromatic heterocycles. The molecule has 0 aliphatic heterocycles. The highest BCUT2D eigenvalue weighted by Crippen LogP contribution is 2.30.